The second kappa shape index (κ2) is 7.82. The molecule has 3 rings (SSSR count). The van der Waals surface area contributed by atoms with Crippen LogP contribution in [0, 0.1) is 18.7 Å². The average Bonchev–Trinajstić information content (AvgIpc) is 2.65. The van der Waals surface area contributed by atoms with Gasteiger partial charge in [0.2, 0.25) is 5.91 Å². The van der Waals surface area contributed by atoms with Crippen molar-refractivity contribution >= 4 is 17.6 Å². The van der Waals surface area contributed by atoms with Crippen molar-refractivity contribution in [2.75, 3.05) is 44.6 Å². The molecule has 1 aromatic carbocycles. The summed E-state index contributed by atoms with van der Waals surface area (Å²) in [6, 6.07) is 4.72. The van der Waals surface area contributed by atoms with E-state index in [1.54, 1.807) is 24.0 Å². The first kappa shape index (κ1) is 17.7. The molecule has 2 heterocycles. The van der Waals surface area contributed by atoms with E-state index in [2.05, 4.69) is 10.6 Å². The molecule has 0 spiro atoms. The van der Waals surface area contributed by atoms with E-state index in [-0.39, 0.29) is 23.7 Å². The first-order valence-corrected chi connectivity index (χ1v) is 8.97. The molecule has 7 heteroatoms. The predicted molar refractivity (Wildman–Crippen MR) is 92.7 cm³/mol. The molecule has 2 aliphatic heterocycles. The van der Waals surface area contributed by atoms with E-state index in [1.165, 1.54) is 6.07 Å². The van der Waals surface area contributed by atoms with Crippen LogP contribution in [-0.4, -0.2) is 61.0 Å². The summed E-state index contributed by atoms with van der Waals surface area (Å²) in [5.41, 5.74) is 1.01. The van der Waals surface area contributed by atoms with Crippen LogP contribution >= 0.6 is 0 Å². The fourth-order valence-corrected chi connectivity index (χ4v) is 3.42. The van der Waals surface area contributed by atoms with Gasteiger partial charge in [-0.15, -0.1) is 0 Å². The summed E-state index contributed by atoms with van der Waals surface area (Å²) in [7, 11) is 0. The number of hydrogen-bond acceptors (Lipinski definition) is 2. The molecule has 2 saturated heterocycles. The van der Waals surface area contributed by atoms with Crippen LogP contribution in [0.5, 0.6) is 0 Å². The van der Waals surface area contributed by atoms with E-state index < -0.39 is 0 Å². The van der Waals surface area contributed by atoms with E-state index in [9.17, 15) is 14.0 Å². The van der Waals surface area contributed by atoms with Gasteiger partial charge in [0.15, 0.2) is 0 Å². The van der Waals surface area contributed by atoms with E-state index in [4.69, 9.17) is 0 Å². The zero-order chi connectivity index (χ0) is 17.8. The monoisotopic (exact) mass is 349 g/mol. The fourth-order valence-electron chi connectivity index (χ4n) is 3.42. The van der Waals surface area contributed by atoms with Crippen LogP contribution in [0.3, 0.4) is 0 Å². The summed E-state index contributed by atoms with van der Waals surface area (Å²) in [4.78, 5) is 28.8. The molecule has 1 aromatic rings. The Bertz CT molecular complexity index is 646. The molecule has 3 amide bonds. The number of nitrogens with zero attached hydrogens (tertiary/aromatic N) is 2. The molecule has 0 unspecified atom stereocenters. The molecule has 25 heavy (non-hydrogen) atoms. The lowest BCUT2D eigenvalue weighted by Gasteiger charge is -2.36. The van der Waals surface area contributed by atoms with Crippen LogP contribution in [0.1, 0.15) is 18.4 Å². The Balaban J connectivity index is 1.59. The van der Waals surface area contributed by atoms with Crippen LogP contribution in [0.2, 0.25) is 0 Å². The van der Waals surface area contributed by atoms with Gasteiger partial charge in [0.05, 0.1) is 32.1 Å². The normalized spacial score (nSPS) is 21.1. The average molecular weight is 349 g/mol. The summed E-state index contributed by atoms with van der Waals surface area (Å²) in [6.45, 7) is 6.19. The third-order valence-corrected chi connectivity index (χ3v) is 4.98. The number of hydrogen-bond donors (Lipinski definition) is 2. The molecule has 0 saturated carbocycles. The Hall–Kier alpha value is -2.15. The Kier molecular flexibility index (Phi) is 5.53. The highest BCUT2D eigenvalue weighted by Crippen LogP contribution is 2.21. The smallest absolute Gasteiger partial charge is 0.320 e. The third-order valence-electron chi connectivity index (χ3n) is 4.98. The first-order chi connectivity index (χ1) is 12.0. The van der Waals surface area contributed by atoms with Gasteiger partial charge in [-0.2, -0.15) is 0 Å². The van der Waals surface area contributed by atoms with Gasteiger partial charge in [-0.05, 0) is 37.5 Å². The van der Waals surface area contributed by atoms with Gasteiger partial charge in [0, 0.05) is 18.8 Å². The van der Waals surface area contributed by atoms with Crippen molar-refractivity contribution in [3.63, 3.8) is 0 Å². The van der Waals surface area contributed by atoms with Crippen LogP contribution in [0.15, 0.2) is 18.2 Å². The summed E-state index contributed by atoms with van der Waals surface area (Å²) >= 11 is 0. The van der Waals surface area contributed by atoms with Crippen molar-refractivity contribution in [2.45, 2.75) is 19.8 Å². The molecule has 0 bridgehead atoms. The van der Waals surface area contributed by atoms with Gasteiger partial charge in [0.25, 0.3) is 0 Å². The van der Waals surface area contributed by atoms with Crippen molar-refractivity contribution in [2.24, 2.45) is 5.92 Å². The number of piperazine rings is 1. The zero-order valence-electron chi connectivity index (χ0n) is 14.6. The van der Waals surface area contributed by atoms with Gasteiger partial charge in [0.1, 0.15) is 5.82 Å². The molecular formula is C18H26FN4O2+. The van der Waals surface area contributed by atoms with E-state index >= 15 is 0 Å². The molecule has 136 valence electrons. The van der Waals surface area contributed by atoms with Gasteiger partial charge in [-0.3, -0.25) is 4.79 Å². The lowest BCUT2D eigenvalue weighted by Crippen LogP contribution is -2.90. The number of benzene rings is 1. The van der Waals surface area contributed by atoms with Crippen molar-refractivity contribution in [1.29, 1.82) is 0 Å². The van der Waals surface area contributed by atoms with Gasteiger partial charge in [-0.25, -0.2) is 9.18 Å². The number of likely N-dealkylation sites (tertiary alicyclic amines) is 1. The number of piperidine rings is 1. The van der Waals surface area contributed by atoms with Crippen LogP contribution < -0.4 is 10.6 Å². The number of amides is 3. The van der Waals surface area contributed by atoms with Crippen LogP contribution in [0.25, 0.3) is 0 Å². The number of aryl methyl sites for hydroxylation is 1. The molecule has 0 radical (unpaired) electrons. The fraction of sp³-hybridized carbons (Fsp3) is 0.556. The summed E-state index contributed by atoms with van der Waals surface area (Å²) < 4.78 is 13.6. The molecular weight excluding hydrogens is 323 g/mol. The minimum absolute atomic E-state index is 0.0342. The number of halogens is 1. The van der Waals surface area contributed by atoms with Crippen LogP contribution in [-0.2, 0) is 4.79 Å². The highest BCUT2D eigenvalue weighted by Gasteiger charge is 2.31. The summed E-state index contributed by atoms with van der Waals surface area (Å²) in [5.74, 6) is -0.730. The lowest BCUT2D eigenvalue weighted by molar-refractivity contribution is -0.662. The standard InChI is InChI=1S/C18H25FN4O2/c1-13-4-5-15(11-16(13)19)21-17(24)14-3-2-8-23(12-14)18(25)22-9-6-20-7-10-22/h4-5,11,14,20H,2-3,6-10,12H2,1H3,(H,21,24)/p+1/t14-/m0/s1. The van der Waals surface area contributed by atoms with Crippen molar-refractivity contribution in [3.05, 3.63) is 29.6 Å². The number of anilines is 1. The number of nitrogens with two attached hydrogens (primary N) is 1. The maximum Gasteiger partial charge on any atom is 0.320 e. The quantitative estimate of drug-likeness (QED) is 0.829. The number of quaternary nitrogens is 1. The highest BCUT2D eigenvalue weighted by molar-refractivity contribution is 5.93. The maximum atomic E-state index is 13.6. The Morgan fingerprint density at radius 1 is 1.20 bits per heavy atom. The first-order valence-electron chi connectivity index (χ1n) is 8.97. The van der Waals surface area contributed by atoms with E-state index in [0.717, 1.165) is 39.0 Å². The second-order valence-corrected chi connectivity index (χ2v) is 6.87. The molecule has 2 fully saturated rings. The second-order valence-electron chi connectivity index (χ2n) is 6.87. The van der Waals surface area contributed by atoms with E-state index in [0.29, 0.717) is 24.3 Å². The minimum atomic E-state index is -0.333. The van der Waals surface area contributed by atoms with Gasteiger partial charge < -0.3 is 20.4 Å². The van der Waals surface area contributed by atoms with Crippen molar-refractivity contribution in [3.8, 4) is 0 Å². The predicted octanol–water partition coefficient (Wildman–Crippen LogP) is 0.784. The Morgan fingerprint density at radius 3 is 2.68 bits per heavy atom. The third kappa shape index (κ3) is 4.28. The van der Waals surface area contributed by atoms with Gasteiger partial charge >= 0.3 is 6.03 Å². The number of carbonyl (C=O) groups excluding carboxylic acids is 2. The van der Waals surface area contributed by atoms with Crippen molar-refractivity contribution in [1.82, 2.24) is 9.80 Å². The lowest BCUT2D eigenvalue weighted by atomic mass is 9.97. The number of rotatable bonds is 2. The highest BCUT2D eigenvalue weighted by atomic mass is 19.1. The van der Waals surface area contributed by atoms with E-state index in [1.807, 2.05) is 4.90 Å². The SMILES string of the molecule is Cc1ccc(NC(=O)[C@H]2CCCN(C(=O)N3CC[NH2+]CC3)C2)cc1F. The van der Waals surface area contributed by atoms with Crippen molar-refractivity contribution < 1.29 is 19.3 Å². The Morgan fingerprint density at radius 2 is 1.96 bits per heavy atom. The molecule has 6 nitrogen and oxygen atoms in total. The summed E-state index contributed by atoms with van der Waals surface area (Å²) in [5, 5.41) is 4.99. The molecule has 1 atom stereocenters. The maximum absolute atomic E-state index is 13.6. The number of carbonyl (C=O) groups is 2. The largest absolute Gasteiger partial charge is 0.343 e. The topological polar surface area (TPSA) is 69.3 Å². The Labute approximate surface area is 147 Å². The zero-order valence-corrected chi connectivity index (χ0v) is 14.6. The number of nitrogens with one attached hydrogen (secondary N) is 1. The molecule has 3 N–H and O–H groups in total. The molecule has 0 aliphatic carbocycles. The van der Waals surface area contributed by atoms with Gasteiger partial charge in [-0.1, -0.05) is 6.07 Å². The summed E-state index contributed by atoms with van der Waals surface area (Å²) in [6.07, 6.45) is 1.56. The molecule has 2 aliphatic rings. The van der Waals surface area contributed by atoms with Crippen LogP contribution in [0.4, 0.5) is 14.9 Å². The number of urea groups is 1. The minimum Gasteiger partial charge on any atom is -0.343 e. The molecule has 0 aromatic heterocycles.